The third-order valence-electron chi connectivity index (χ3n) is 2.27. The number of rotatable bonds is 2. The summed E-state index contributed by atoms with van der Waals surface area (Å²) in [5.41, 5.74) is 0.641. The molecule has 0 atom stereocenters. The Balaban J connectivity index is 2.36. The molecule has 1 fully saturated rings. The standard InChI is InChI=1S/C7H8N2OS/c1-5(10)7(2-3-7)6-4-11-9-8-6/h4H,2-3H2,1H3. The molecule has 0 saturated heterocycles. The number of carbonyl (C=O) groups is 1. The van der Waals surface area contributed by atoms with Gasteiger partial charge in [-0.1, -0.05) is 4.49 Å². The molecule has 0 aromatic carbocycles. The van der Waals surface area contributed by atoms with Gasteiger partial charge in [0, 0.05) is 5.38 Å². The average Bonchev–Trinajstić information content (AvgIpc) is 2.61. The number of hydrogen-bond acceptors (Lipinski definition) is 4. The first-order chi connectivity index (χ1) is 5.26. The molecule has 0 unspecified atom stereocenters. The van der Waals surface area contributed by atoms with Crippen molar-refractivity contribution in [2.75, 3.05) is 0 Å². The zero-order valence-corrected chi connectivity index (χ0v) is 7.02. The number of hydrogen-bond donors (Lipinski definition) is 0. The second kappa shape index (κ2) is 2.11. The fourth-order valence-corrected chi connectivity index (χ4v) is 1.84. The first-order valence-corrected chi connectivity index (χ1v) is 4.38. The molecule has 0 amide bonds. The van der Waals surface area contributed by atoms with Crippen molar-refractivity contribution in [2.24, 2.45) is 0 Å². The van der Waals surface area contributed by atoms with Crippen LogP contribution in [-0.2, 0) is 10.2 Å². The van der Waals surface area contributed by atoms with E-state index in [1.165, 1.54) is 11.5 Å². The number of aromatic nitrogens is 2. The highest BCUT2D eigenvalue weighted by Crippen LogP contribution is 2.48. The summed E-state index contributed by atoms with van der Waals surface area (Å²) in [5.74, 6) is 0.227. The molecule has 1 aliphatic rings. The van der Waals surface area contributed by atoms with Gasteiger partial charge in [0.15, 0.2) is 0 Å². The molecule has 58 valence electrons. The lowest BCUT2D eigenvalue weighted by Gasteiger charge is -2.04. The van der Waals surface area contributed by atoms with Crippen molar-refractivity contribution in [2.45, 2.75) is 25.2 Å². The molecule has 1 saturated carbocycles. The fraction of sp³-hybridized carbons (Fsp3) is 0.571. The van der Waals surface area contributed by atoms with Gasteiger partial charge in [0.2, 0.25) is 0 Å². The Kier molecular flexibility index (Phi) is 1.32. The first kappa shape index (κ1) is 6.91. The summed E-state index contributed by atoms with van der Waals surface area (Å²) in [6.07, 6.45) is 1.90. The zero-order chi connectivity index (χ0) is 7.90. The van der Waals surface area contributed by atoms with E-state index in [-0.39, 0.29) is 11.2 Å². The highest BCUT2D eigenvalue weighted by molar-refractivity contribution is 7.03. The second-order valence-electron chi connectivity index (χ2n) is 2.93. The summed E-state index contributed by atoms with van der Waals surface area (Å²) < 4.78 is 3.75. The van der Waals surface area contributed by atoms with Crippen molar-refractivity contribution in [3.63, 3.8) is 0 Å². The maximum atomic E-state index is 11.2. The molecule has 2 rings (SSSR count). The van der Waals surface area contributed by atoms with Crippen molar-refractivity contribution in [3.8, 4) is 0 Å². The maximum Gasteiger partial charge on any atom is 0.142 e. The van der Waals surface area contributed by atoms with Crippen molar-refractivity contribution in [3.05, 3.63) is 11.1 Å². The summed E-state index contributed by atoms with van der Waals surface area (Å²) >= 11 is 1.31. The van der Waals surface area contributed by atoms with Gasteiger partial charge in [-0.3, -0.25) is 4.79 Å². The first-order valence-electron chi connectivity index (χ1n) is 3.54. The molecule has 0 spiro atoms. The van der Waals surface area contributed by atoms with Gasteiger partial charge >= 0.3 is 0 Å². The van der Waals surface area contributed by atoms with Gasteiger partial charge in [-0.2, -0.15) is 0 Å². The molecule has 0 radical (unpaired) electrons. The van der Waals surface area contributed by atoms with E-state index in [4.69, 9.17) is 0 Å². The third kappa shape index (κ3) is 0.894. The van der Waals surface area contributed by atoms with Crippen LogP contribution in [0, 0.1) is 0 Å². The summed E-state index contributed by atoms with van der Waals surface area (Å²) in [5, 5.41) is 5.79. The van der Waals surface area contributed by atoms with Crippen LogP contribution in [0.15, 0.2) is 5.38 Å². The van der Waals surface area contributed by atoms with Gasteiger partial charge in [-0.15, -0.1) is 5.10 Å². The Morgan fingerprint density at radius 3 is 2.82 bits per heavy atom. The van der Waals surface area contributed by atoms with E-state index in [0.29, 0.717) is 0 Å². The van der Waals surface area contributed by atoms with Crippen LogP contribution in [0.2, 0.25) is 0 Å². The minimum absolute atomic E-state index is 0.227. The van der Waals surface area contributed by atoms with Crippen molar-refractivity contribution >= 4 is 17.3 Å². The highest BCUT2D eigenvalue weighted by atomic mass is 32.1. The van der Waals surface area contributed by atoms with Crippen LogP contribution in [0.4, 0.5) is 0 Å². The minimum atomic E-state index is -0.229. The van der Waals surface area contributed by atoms with E-state index < -0.39 is 0 Å². The number of carbonyl (C=O) groups excluding carboxylic acids is 1. The normalized spacial score (nSPS) is 19.7. The Hall–Kier alpha value is -0.770. The molecular weight excluding hydrogens is 160 g/mol. The predicted molar refractivity (Wildman–Crippen MR) is 41.5 cm³/mol. The van der Waals surface area contributed by atoms with E-state index in [1.54, 1.807) is 6.92 Å². The topological polar surface area (TPSA) is 42.9 Å². The monoisotopic (exact) mass is 168 g/mol. The Morgan fingerprint density at radius 2 is 2.45 bits per heavy atom. The van der Waals surface area contributed by atoms with Gasteiger partial charge in [0.1, 0.15) is 5.78 Å². The maximum absolute atomic E-state index is 11.2. The summed E-state index contributed by atoms with van der Waals surface area (Å²) in [6.45, 7) is 1.63. The second-order valence-corrected chi connectivity index (χ2v) is 3.54. The lowest BCUT2D eigenvalue weighted by Crippen LogP contribution is -2.17. The van der Waals surface area contributed by atoms with Crippen LogP contribution >= 0.6 is 11.5 Å². The van der Waals surface area contributed by atoms with Crippen LogP contribution < -0.4 is 0 Å². The smallest absolute Gasteiger partial charge is 0.142 e. The average molecular weight is 168 g/mol. The summed E-state index contributed by atoms with van der Waals surface area (Å²) in [4.78, 5) is 11.2. The zero-order valence-electron chi connectivity index (χ0n) is 6.20. The van der Waals surface area contributed by atoms with Crippen LogP contribution in [0.3, 0.4) is 0 Å². The number of nitrogens with zero attached hydrogens (tertiary/aromatic N) is 2. The van der Waals surface area contributed by atoms with Gasteiger partial charge in [-0.25, -0.2) is 0 Å². The van der Waals surface area contributed by atoms with Crippen molar-refractivity contribution in [1.29, 1.82) is 0 Å². The van der Waals surface area contributed by atoms with E-state index in [1.807, 2.05) is 5.38 Å². The van der Waals surface area contributed by atoms with Gasteiger partial charge in [0.05, 0.1) is 11.1 Å². The molecule has 4 heteroatoms. The minimum Gasteiger partial charge on any atom is -0.299 e. The number of ketones is 1. The van der Waals surface area contributed by atoms with Crippen LogP contribution in [0.25, 0.3) is 0 Å². The van der Waals surface area contributed by atoms with E-state index in [9.17, 15) is 4.79 Å². The fourth-order valence-electron chi connectivity index (χ4n) is 1.29. The summed E-state index contributed by atoms with van der Waals surface area (Å²) in [7, 11) is 0. The molecule has 3 nitrogen and oxygen atoms in total. The molecule has 0 bridgehead atoms. The summed E-state index contributed by atoms with van der Waals surface area (Å²) in [6, 6.07) is 0. The number of Topliss-reactive ketones (excluding diaryl/α,β-unsaturated/α-hetero) is 1. The Bertz CT molecular complexity index is 277. The quantitative estimate of drug-likeness (QED) is 0.665. The van der Waals surface area contributed by atoms with Crippen molar-refractivity contribution < 1.29 is 4.79 Å². The lowest BCUT2D eigenvalue weighted by atomic mass is 9.99. The van der Waals surface area contributed by atoms with Crippen molar-refractivity contribution in [1.82, 2.24) is 9.59 Å². The molecule has 0 N–H and O–H groups in total. The Labute approximate surface area is 68.6 Å². The van der Waals surface area contributed by atoms with Crippen LogP contribution in [0.1, 0.15) is 25.5 Å². The molecule has 1 heterocycles. The lowest BCUT2D eigenvalue weighted by molar-refractivity contribution is -0.119. The largest absolute Gasteiger partial charge is 0.299 e. The molecule has 1 aromatic rings. The predicted octanol–water partition coefficient (Wildman–Crippen LogP) is 1.16. The molecular formula is C7H8N2OS. The Morgan fingerprint density at radius 1 is 1.73 bits per heavy atom. The third-order valence-corrected chi connectivity index (χ3v) is 2.78. The van der Waals surface area contributed by atoms with Crippen LogP contribution in [0.5, 0.6) is 0 Å². The van der Waals surface area contributed by atoms with Gasteiger partial charge < -0.3 is 0 Å². The van der Waals surface area contributed by atoms with E-state index >= 15 is 0 Å². The van der Waals surface area contributed by atoms with E-state index in [0.717, 1.165) is 18.5 Å². The molecule has 1 aliphatic carbocycles. The van der Waals surface area contributed by atoms with Crippen LogP contribution in [-0.4, -0.2) is 15.4 Å². The van der Waals surface area contributed by atoms with Gasteiger partial charge in [0.25, 0.3) is 0 Å². The van der Waals surface area contributed by atoms with E-state index in [2.05, 4.69) is 9.59 Å². The SMILES string of the molecule is CC(=O)C1(c2csnn2)CC1. The molecule has 11 heavy (non-hydrogen) atoms. The highest BCUT2D eigenvalue weighted by Gasteiger charge is 2.50. The molecule has 0 aliphatic heterocycles. The van der Waals surface area contributed by atoms with Gasteiger partial charge in [-0.05, 0) is 31.3 Å². The molecule has 1 aromatic heterocycles.